The van der Waals surface area contributed by atoms with E-state index in [1.54, 1.807) is 0 Å². The molecule has 0 radical (unpaired) electrons. The second-order valence-corrected chi connectivity index (χ2v) is 5.69. The van der Waals surface area contributed by atoms with E-state index in [-0.39, 0.29) is 36.8 Å². The van der Waals surface area contributed by atoms with E-state index in [0.29, 0.717) is 0 Å². The molecular weight excluding hydrogens is 302 g/mol. The number of halogens is 1. The Hall–Kier alpha value is -1.59. The van der Waals surface area contributed by atoms with Gasteiger partial charge in [0.15, 0.2) is 0 Å². The van der Waals surface area contributed by atoms with Crippen molar-refractivity contribution in [2.24, 2.45) is 0 Å². The maximum atomic E-state index is 12.0. The molecule has 1 aliphatic rings. The van der Waals surface area contributed by atoms with E-state index >= 15 is 0 Å². The average Bonchev–Trinajstić information content (AvgIpc) is 2.94. The van der Waals surface area contributed by atoms with Gasteiger partial charge in [0, 0.05) is 5.69 Å². The number of hydrogen-bond acceptors (Lipinski definition) is 3. The molecule has 122 valence electrons. The molecule has 0 bridgehead atoms. The van der Waals surface area contributed by atoms with Gasteiger partial charge in [0.25, 0.3) is 0 Å². The van der Waals surface area contributed by atoms with Gasteiger partial charge in [-0.1, -0.05) is 17.7 Å². The Balaban J connectivity index is 0.00000242. The highest BCUT2D eigenvalue weighted by molar-refractivity contribution is 5.96. The second-order valence-electron chi connectivity index (χ2n) is 5.69. The Bertz CT molecular complexity index is 531. The van der Waals surface area contributed by atoms with Gasteiger partial charge in [-0.3, -0.25) is 9.59 Å². The molecule has 1 heterocycles. The highest BCUT2D eigenvalue weighted by Crippen LogP contribution is 2.21. The van der Waals surface area contributed by atoms with Crippen molar-refractivity contribution in [2.45, 2.75) is 39.7 Å². The smallest absolute Gasteiger partial charge is 0.243 e. The number of benzene rings is 1. The summed E-state index contributed by atoms with van der Waals surface area (Å²) in [6.45, 7) is 6.84. The van der Waals surface area contributed by atoms with Crippen LogP contribution < -0.4 is 16.0 Å². The van der Waals surface area contributed by atoms with Gasteiger partial charge >= 0.3 is 0 Å². The molecule has 0 aromatic heterocycles. The summed E-state index contributed by atoms with van der Waals surface area (Å²) in [6.07, 6.45) is 1.84. The monoisotopic (exact) mass is 325 g/mol. The minimum atomic E-state index is -0.198. The van der Waals surface area contributed by atoms with Crippen molar-refractivity contribution in [3.05, 3.63) is 28.8 Å². The fourth-order valence-corrected chi connectivity index (χ4v) is 2.76. The molecule has 2 amide bonds. The van der Waals surface area contributed by atoms with Gasteiger partial charge in [-0.15, -0.1) is 12.4 Å². The minimum absolute atomic E-state index is 0. The first-order chi connectivity index (χ1) is 9.97. The zero-order valence-electron chi connectivity index (χ0n) is 13.3. The number of anilines is 1. The number of aryl methyl sites for hydroxylation is 3. The Morgan fingerprint density at radius 1 is 1.23 bits per heavy atom. The molecule has 3 N–H and O–H groups in total. The largest absolute Gasteiger partial charge is 0.346 e. The lowest BCUT2D eigenvalue weighted by Gasteiger charge is -2.14. The van der Waals surface area contributed by atoms with Crippen LogP contribution >= 0.6 is 12.4 Å². The highest BCUT2D eigenvalue weighted by Gasteiger charge is 2.22. The lowest BCUT2D eigenvalue weighted by Crippen LogP contribution is -2.43. The zero-order chi connectivity index (χ0) is 15.4. The van der Waals surface area contributed by atoms with Gasteiger partial charge in [0.2, 0.25) is 11.8 Å². The Morgan fingerprint density at radius 3 is 2.41 bits per heavy atom. The van der Waals surface area contributed by atoms with Crippen LogP contribution in [-0.2, 0) is 9.59 Å². The van der Waals surface area contributed by atoms with E-state index in [1.165, 1.54) is 5.56 Å². The van der Waals surface area contributed by atoms with Gasteiger partial charge < -0.3 is 16.0 Å². The van der Waals surface area contributed by atoms with Crippen molar-refractivity contribution in [3.8, 4) is 0 Å². The van der Waals surface area contributed by atoms with Crippen LogP contribution in [0.3, 0.4) is 0 Å². The first-order valence-electron chi connectivity index (χ1n) is 7.36. The Labute approximate surface area is 137 Å². The predicted molar refractivity (Wildman–Crippen MR) is 90.6 cm³/mol. The summed E-state index contributed by atoms with van der Waals surface area (Å²) in [4.78, 5) is 23.8. The fraction of sp³-hybridized carbons (Fsp3) is 0.500. The number of rotatable bonds is 4. The van der Waals surface area contributed by atoms with E-state index in [0.717, 1.165) is 36.2 Å². The van der Waals surface area contributed by atoms with Crippen molar-refractivity contribution in [1.29, 1.82) is 0 Å². The normalized spacial score (nSPS) is 16.8. The van der Waals surface area contributed by atoms with E-state index < -0.39 is 0 Å². The third-order valence-electron chi connectivity index (χ3n) is 3.74. The summed E-state index contributed by atoms with van der Waals surface area (Å²) in [5.41, 5.74) is 4.07. The number of nitrogens with one attached hydrogen (secondary N) is 3. The fourth-order valence-electron chi connectivity index (χ4n) is 2.76. The molecule has 0 aliphatic carbocycles. The Kier molecular flexibility index (Phi) is 6.84. The summed E-state index contributed by atoms with van der Waals surface area (Å²) in [7, 11) is 0. The maximum Gasteiger partial charge on any atom is 0.243 e. The zero-order valence-corrected chi connectivity index (χ0v) is 14.1. The summed E-state index contributed by atoms with van der Waals surface area (Å²) < 4.78 is 0. The van der Waals surface area contributed by atoms with E-state index in [4.69, 9.17) is 0 Å². The molecule has 1 aromatic carbocycles. The SMILES string of the molecule is Cc1cc(C)c(NC(=O)CNC(=O)C2CCCN2)c(C)c1.Cl. The molecule has 1 aromatic rings. The van der Waals surface area contributed by atoms with Crippen LogP contribution in [0.15, 0.2) is 12.1 Å². The van der Waals surface area contributed by atoms with Gasteiger partial charge in [-0.25, -0.2) is 0 Å². The molecule has 6 heteroatoms. The van der Waals surface area contributed by atoms with Crippen molar-refractivity contribution >= 4 is 29.9 Å². The number of carbonyl (C=O) groups is 2. The van der Waals surface area contributed by atoms with Gasteiger partial charge in [0.05, 0.1) is 12.6 Å². The number of carbonyl (C=O) groups excluding carboxylic acids is 2. The van der Waals surface area contributed by atoms with Gasteiger partial charge in [-0.05, 0) is 51.3 Å². The molecular formula is C16H24ClN3O2. The molecule has 22 heavy (non-hydrogen) atoms. The quantitative estimate of drug-likeness (QED) is 0.791. The van der Waals surface area contributed by atoms with Gasteiger partial charge in [0.1, 0.15) is 0 Å². The van der Waals surface area contributed by atoms with E-state index in [9.17, 15) is 9.59 Å². The average molecular weight is 326 g/mol. The van der Waals surface area contributed by atoms with Crippen LogP contribution in [0.2, 0.25) is 0 Å². The van der Waals surface area contributed by atoms with Crippen molar-refractivity contribution in [1.82, 2.24) is 10.6 Å². The lowest BCUT2D eigenvalue weighted by atomic mass is 10.1. The molecule has 0 saturated carbocycles. The summed E-state index contributed by atoms with van der Waals surface area (Å²) in [5, 5.41) is 8.67. The standard InChI is InChI=1S/C16H23N3O2.ClH/c1-10-7-11(2)15(12(3)8-10)19-14(20)9-18-16(21)13-5-4-6-17-13;/h7-8,13,17H,4-6,9H2,1-3H3,(H,18,21)(H,19,20);1H. The summed E-state index contributed by atoms with van der Waals surface area (Å²) >= 11 is 0. The van der Waals surface area contributed by atoms with Crippen LogP contribution in [0, 0.1) is 20.8 Å². The number of amides is 2. The molecule has 5 nitrogen and oxygen atoms in total. The first kappa shape index (κ1) is 18.5. The predicted octanol–water partition coefficient (Wildman–Crippen LogP) is 1.84. The van der Waals surface area contributed by atoms with Crippen LogP contribution in [0.4, 0.5) is 5.69 Å². The van der Waals surface area contributed by atoms with Crippen LogP contribution in [0.25, 0.3) is 0 Å². The molecule has 1 aliphatic heterocycles. The van der Waals surface area contributed by atoms with Crippen molar-refractivity contribution in [2.75, 3.05) is 18.4 Å². The molecule has 0 spiro atoms. The van der Waals surface area contributed by atoms with Gasteiger partial charge in [-0.2, -0.15) is 0 Å². The molecule has 2 rings (SSSR count). The minimum Gasteiger partial charge on any atom is -0.346 e. The summed E-state index contributed by atoms with van der Waals surface area (Å²) in [5.74, 6) is -0.295. The highest BCUT2D eigenvalue weighted by atomic mass is 35.5. The van der Waals surface area contributed by atoms with Crippen LogP contribution in [0.5, 0.6) is 0 Å². The number of hydrogen-bond donors (Lipinski definition) is 3. The third-order valence-corrected chi connectivity index (χ3v) is 3.74. The second kappa shape index (κ2) is 8.15. The Morgan fingerprint density at radius 2 is 1.86 bits per heavy atom. The van der Waals surface area contributed by atoms with Crippen LogP contribution in [0.1, 0.15) is 29.5 Å². The van der Waals surface area contributed by atoms with E-state index in [2.05, 4.69) is 16.0 Å². The summed E-state index contributed by atoms with van der Waals surface area (Å²) in [6, 6.07) is 3.91. The van der Waals surface area contributed by atoms with Crippen molar-refractivity contribution in [3.63, 3.8) is 0 Å². The maximum absolute atomic E-state index is 12.0. The molecule has 1 unspecified atom stereocenters. The molecule has 1 saturated heterocycles. The molecule has 1 fully saturated rings. The van der Waals surface area contributed by atoms with Crippen molar-refractivity contribution < 1.29 is 9.59 Å². The molecule has 1 atom stereocenters. The van der Waals surface area contributed by atoms with E-state index in [1.807, 2.05) is 32.9 Å². The third kappa shape index (κ3) is 4.71. The lowest BCUT2D eigenvalue weighted by molar-refractivity contribution is -0.125. The van der Waals surface area contributed by atoms with Crippen LogP contribution in [-0.4, -0.2) is 30.9 Å². The topological polar surface area (TPSA) is 70.2 Å². The first-order valence-corrected chi connectivity index (χ1v) is 7.36.